The van der Waals surface area contributed by atoms with Gasteiger partial charge < -0.3 is 20.5 Å². The Labute approximate surface area is 149 Å². The summed E-state index contributed by atoms with van der Waals surface area (Å²) in [4.78, 5) is 21.2. The van der Waals surface area contributed by atoms with Crippen LogP contribution < -0.4 is 10.6 Å². The summed E-state index contributed by atoms with van der Waals surface area (Å²) in [7, 11) is 0. The van der Waals surface area contributed by atoms with Gasteiger partial charge in [-0.3, -0.25) is 4.79 Å². The number of ether oxygens (including phenoxy) is 1. The third-order valence-corrected chi connectivity index (χ3v) is 6.02. The maximum atomic E-state index is 12.3. The summed E-state index contributed by atoms with van der Waals surface area (Å²) < 4.78 is 37.1. The molecular formula is C17H25F3N2O4. The fourth-order valence-electron chi connectivity index (χ4n) is 5.16. The lowest BCUT2D eigenvalue weighted by Crippen LogP contribution is -2.60. The van der Waals surface area contributed by atoms with Crippen molar-refractivity contribution in [2.75, 3.05) is 19.8 Å². The predicted octanol–water partition coefficient (Wildman–Crippen LogP) is 1.55. The molecule has 6 nitrogen and oxygen atoms in total. The zero-order valence-corrected chi connectivity index (χ0v) is 14.4. The molecule has 1 atom stereocenters. The Balaban J connectivity index is 0.000000242. The number of alkyl halides is 3. The van der Waals surface area contributed by atoms with Crippen molar-refractivity contribution in [1.29, 1.82) is 0 Å². The number of carbonyl (C=O) groups is 2. The van der Waals surface area contributed by atoms with Gasteiger partial charge >= 0.3 is 12.1 Å². The van der Waals surface area contributed by atoms with E-state index in [-0.39, 0.29) is 11.9 Å². The van der Waals surface area contributed by atoms with E-state index in [0.29, 0.717) is 12.6 Å². The van der Waals surface area contributed by atoms with E-state index in [1.54, 1.807) is 0 Å². The van der Waals surface area contributed by atoms with Gasteiger partial charge in [-0.05, 0) is 55.8 Å². The third kappa shape index (κ3) is 4.49. The van der Waals surface area contributed by atoms with Crippen molar-refractivity contribution in [3.8, 4) is 0 Å². The van der Waals surface area contributed by atoms with E-state index in [4.69, 9.17) is 14.6 Å². The molecule has 0 aromatic rings. The minimum atomic E-state index is -5.08. The first-order chi connectivity index (χ1) is 12.2. The summed E-state index contributed by atoms with van der Waals surface area (Å²) in [5.41, 5.74) is 0. The lowest BCUT2D eigenvalue weighted by molar-refractivity contribution is -0.192. The molecule has 5 fully saturated rings. The molecule has 5 rings (SSSR count). The fraction of sp³-hybridized carbons (Fsp3) is 0.882. The topological polar surface area (TPSA) is 87.7 Å². The highest BCUT2D eigenvalue weighted by Crippen LogP contribution is 2.53. The molecule has 5 aliphatic rings. The van der Waals surface area contributed by atoms with E-state index in [9.17, 15) is 18.0 Å². The standard InChI is InChI=1S/C15H24N2O2.C2HF3O2/c18-15(13-8-19-2-1-16-13)17-14-11-4-9-3-10(6-11)7-12(14)5-9;3-2(4,5)1(6)7/h9-14,16H,1-8H2,(H,17,18);(H,6,7)/t9?,10?,11?,12?,13-,14?;/m1./s1. The van der Waals surface area contributed by atoms with Gasteiger partial charge in [0.1, 0.15) is 6.04 Å². The fourth-order valence-corrected chi connectivity index (χ4v) is 5.16. The van der Waals surface area contributed by atoms with Gasteiger partial charge in [0.05, 0.1) is 13.2 Å². The Morgan fingerprint density at radius 3 is 2.00 bits per heavy atom. The number of carboxylic acid groups (broad SMARTS) is 1. The summed E-state index contributed by atoms with van der Waals surface area (Å²) in [6.07, 6.45) is 1.80. The smallest absolute Gasteiger partial charge is 0.475 e. The molecule has 4 bridgehead atoms. The van der Waals surface area contributed by atoms with Crippen molar-refractivity contribution in [1.82, 2.24) is 10.6 Å². The van der Waals surface area contributed by atoms with Crippen molar-refractivity contribution in [2.45, 2.75) is 50.4 Å². The van der Waals surface area contributed by atoms with Crippen molar-refractivity contribution >= 4 is 11.9 Å². The van der Waals surface area contributed by atoms with Crippen molar-refractivity contribution in [2.24, 2.45) is 23.7 Å². The molecule has 0 aromatic carbocycles. The van der Waals surface area contributed by atoms with E-state index in [1.807, 2.05) is 0 Å². The van der Waals surface area contributed by atoms with Crippen LogP contribution in [0, 0.1) is 23.7 Å². The molecular weight excluding hydrogens is 353 g/mol. The average molecular weight is 378 g/mol. The van der Waals surface area contributed by atoms with Crippen LogP contribution in [0.4, 0.5) is 13.2 Å². The van der Waals surface area contributed by atoms with E-state index in [2.05, 4.69) is 10.6 Å². The van der Waals surface area contributed by atoms with Gasteiger partial charge in [-0.25, -0.2) is 4.79 Å². The van der Waals surface area contributed by atoms with Gasteiger partial charge in [-0.1, -0.05) is 0 Å². The number of carbonyl (C=O) groups excluding carboxylic acids is 1. The van der Waals surface area contributed by atoms with Gasteiger partial charge in [-0.15, -0.1) is 0 Å². The van der Waals surface area contributed by atoms with Crippen LogP contribution in [-0.4, -0.2) is 55.0 Å². The lowest BCUT2D eigenvalue weighted by Gasteiger charge is -2.54. The molecule has 0 aromatic heterocycles. The third-order valence-electron chi connectivity index (χ3n) is 6.02. The molecule has 9 heteroatoms. The Bertz CT molecular complexity index is 507. The van der Waals surface area contributed by atoms with Gasteiger partial charge in [0, 0.05) is 12.6 Å². The molecule has 0 radical (unpaired) electrons. The number of rotatable bonds is 2. The second kappa shape index (κ2) is 7.72. The highest BCUT2D eigenvalue weighted by atomic mass is 19.4. The average Bonchev–Trinajstić information content (AvgIpc) is 2.58. The van der Waals surface area contributed by atoms with Crippen LogP contribution in [-0.2, 0) is 14.3 Å². The Morgan fingerprint density at radius 2 is 1.58 bits per heavy atom. The van der Waals surface area contributed by atoms with Crippen LogP contribution in [0.2, 0.25) is 0 Å². The number of hydrogen-bond acceptors (Lipinski definition) is 4. The van der Waals surface area contributed by atoms with Crippen LogP contribution in [0.15, 0.2) is 0 Å². The van der Waals surface area contributed by atoms with Crippen LogP contribution in [0.5, 0.6) is 0 Å². The SMILES string of the molecule is O=C(NC1C2CC3CC(C2)CC1C3)[C@H]1COCCN1.O=C(O)C(F)(F)F. The van der Waals surface area contributed by atoms with Gasteiger partial charge in [-0.2, -0.15) is 13.2 Å². The molecule has 1 amide bonds. The molecule has 148 valence electrons. The summed E-state index contributed by atoms with van der Waals surface area (Å²) >= 11 is 0. The second-order valence-corrected chi connectivity index (χ2v) is 7.85. The van der Waals surface area contributed by atoms with E-state index < -0.39 is 12.1 Å². The first kappa shape index (κ1) is 19.4. The monoisotopic (exact) mass is 378 g/mol. The molecule has 4 saturated carbocycles. The number of nitrogens with one attached hydrogen (secondary N) is 2. The second-order valence-electron chi connectivity index (χ2n) is 7.85. The minimum Gasteiger partial charge on any atom is -0.475 e. The lowest BCUT2D eigenvalue weighted by atomic mass is 9.54. The number of hydrogen-bond donors (Lipinski definition) is 3. The van der Waals surface area contributed by atoms with E-state index in [1.165, 1.54) is 32.1 Å². The Kier molecular flexibility index (Phi) is 5.76. The normalized spacial score (nSPS) is 38.3. The maximum absolute atomic E-state index is 12.3. The quantitative estimate of drug-likeness (QED) is 0.679. The van der Waals surface area contributed by atoms with Crippen LogP contribution >= 0.6 is 0 Å². The summed E-state index contributed by atoms with van der Waals surface area (Å²) in [5, 5.41) is 13.7. The number of halogens is 3. The molecule has 1 saturated heterocycles. The first-order valence-electron chi connectivity index (χ1n) is 9.15. The number of amides is 1. The highest BCUT2D eigenvalue weighted by molar-refractivity contribution is 5.82. The van der Waals surface area contributed by atoms with E-state index >= 15 is 0 Å². The van der Waals surface area contributed by atoms with Crippen LogP contribution in [0.3, 0.4) is 0 Å². The van der Waals surface area contributed by atoms with E-state index in [0.717, 1.165) is 36.8 Å². The number of aliphatic carboxylic acids is 1. The van der Waals surface area contributed by atoms with Crippen molar-refractivity contribution < 1.29 is 32.6 Å². The number of morpholine rings is 1. The zero-order chi connectivity index (χ0) is 18.9. The van der Waals surface area contributed by atoms with Crippen molar-refractivity contribution in [3.63, 3.8) is 0 Å². The van der Waals surface area contributed by atoms with Crippen LogP contribution in [0.25, 0.3) is 0 Å². The molecule has 4 aliphatic carbocycles. The van der Waals surface area contributed by atoms with Gasteiger partial charge in [0.2, 0.25) is 5.91 Å². The maximum Gasteiger partial charge on any atom is 0.490 e. The Hall–Kier alpha value is -1.35. The van der Waals surface area contributed by atoms with Crippen molar-refractivity contribution in [3.05, 3.63) is 0 Å². The molecule has 1 heterocycles. The molecule has 26 heavy (non-hydrogen) atoms. The number of carboxylic acids is 1. The minimum absolute atomic E-state index is 0.133. The van der Waals surface area contributed by atoms with Crippen LogP contribution in [0.1, 0.15) is 32.1 Å². The Morgan fingerprint density at radius 1 is 1.04 bits per heavy atom. The molecule has 0 unspecified atom stereocenters. The molecule has 1 aliphatic heterocycles. The van der Waals surface area contributed by atoms with Gasteiger partial charge in [0.15, 0.2) is 0 Å². The molecule has 0 spiro atoms. The summed E-state index contributed by atoms with van der Waals surface area (Å²) in [6.45, 7) is 2.04. The zero-order valence-electron chi connectivity index (χ0n) is 14.4. The first-order valence-corrected chi connectivity index (χ1v) is 9.15. The summed E-state index contributed by atoms with van der Waals surface area (Å²) in [5.74, 6) is 0.845. The molecule has 3 N–H and O–H groups in total. The van der Waals surface area contributed by atoms with Gasteiger partial charge in [0.25, 0.3) is 0 Å². The summed E-state index contributed by atoms with van der Waals surface area (Å²) in [6, 6.07) is 0.315. The largest absolute Gasteiger partial charge is 0.490 e. The predicted molar refractivity (Wildman–Crippen MR) is 85.3 cm³/mol. The highest BCUT2D eigenvalue weighted by Gasteiger charge is 2.48.